The number of aryl methyl sites for hydroxylation is 1. The zero-order valence-electron chi connectivity index (χ0n) is 24.8. The summed E-state index contributed by atoms with van der Waals surface area (Å²) >= 11 is 12.7. The molecule has 0 saturated heterocycles. The molecule has 4 aromatic rings. The number of benzene rings is 4. The number of nitrogens with zero attached hydrogens (tertiary/aromatic N) is 2. The molecule has 0 aliphatic carbocycles. The first-order chi connectivity index (χ1) is 21.0. The monoisotopic (exact) mass is 651 g/mol. The zero-order chi connectivity index (χ0) is 31.9. The SMILES string of the molecule is Cc1ccc(CN(C(=O)CN(c2ccc(Cl)cc2Cl)S(=O)(=O)c2ccccc2)[C@@H](Cc2ccccc2)C(=O)NC(C)C)cc1. The number of amides is 2. The molecule has 0 spiro atoms. The number of halogens is 2. The van der Waals surface area contributed by atoms with Crippen LogP contribution in [-0.2, 0) is 32.6 Å². The Morgan fingerprint density at radius 3 is 2.02 bits per heavy atom. The van der Waals surface area contributed by atoms with Crippen molar-refractivity contribution in [3.63, 3.8) is 0 Å². The normalized spacial score (nSPS) is 12.0. The fourth-order valence-electron chi connectivity index (χ4n) is 4.74. The van der Waals surface area contributed by atoms with Gasteiger partial charge in [-0.15, -0.1) is 0 Å². The molecule has 1 N–H and O–H groups in total. The second-order valence-corrected chi connectivity index (χ2v) is 13.5. The Kier molecular flexibility index (Phi) is 11.1. The van der Waals surface area contributed by atoms with Crippen LogP contribution >= 0.6 is 23.2 Å². The molecule has 230 valence electrons. The topological polar surface area (TPSA) is 86.8 Å². The molecule has 0 saturated carbocycles. The number of anilines is 1. The largest absolute Gasteiger partial charge is 0.352 e. The Balaban J connectivity index is 1.82. The van der Waals surface area contributed by atoms with Crippen molar-refractivity contribution in [3.05, 3.63) is 130 Å². The van der Waals surface area contributed by atoms with Crippen molar-refractivity contribution in [1.82, 2.24) is 10.2 Å². The maximum atomic E-state index is 14.4. The summed E-state index contributed by atoms with van der Waals surface area (Å²) in [7, 11) is -4.26. The van der Waals surface area contributed by atoms with Crippen LogP contribution in [0.25, 0.3) is 0 Å². The van der Waals surface area contributed by atoms with Crippen LogP contribution in [0.5, 0.6) is 0 Å². The van der Waals surface area contributed by atoms with Crippen LogP contribution in [0.4, 0.5) is 5.69 Å². The lowest BCUT2D eigenvalue weighted by Gasteiger charge is -2.34. The van der Waals surface area contributed by atoms with E-state index in [0.717, 1.165) is 21.0 Å². The Hall–Kier alpha value is -3.85. The Morgan fingerprint density at radius 1 is 0.818 bits per heavy atom. The highest BCUT2D eigenvalue weighted by atomic mass is 35.5. The van der Waals surface area contributed by atoms with Gasteiger partial charge in [-0.2, -0.15) is 0 Å². The fraction of sp³-hybridized carbons (Fsp3) is 0.235. The maximum absolute atomic E-state index is 14.4. The molecule has 0 bridgehead atoms. The van der Waals surface area contributed by atoms with Gasteiger partial charge in [-0.3, -0.25) is 13.9 Å². The van der Waals surface area contributed by atoms with Gasteiger partial charge in [0, 0.05) is 24.0 Å². The van der Waals surface area contributed by atoms with Crippen molar-refractivity contribution in [1.29, 1.82) is 0 Å². The Labute approximate surface area is 269 Å². The summed E-state index contributed by atoms with van der Waals surface area (Å²) in [5.41, 5.74) is 2.78. The van der Waals surface area contributed by atoms with Gasteiger partial charge in [-0.05, 0) is 62.2 Å². The highest BCUT2D eigenvalue weighted by Crippen LogP contribution is 2.33. The second kappa shape index (κ2) is 14.8. The maximum Gasteiger partial charge on any atom is 0.264 e. The van der Waals surface area contributed by atoms with Gasteiger partial charge in [-0.1, -0.05) is 102 Å². The minimum Gasteiger partial charge on any atom is -0.352 e. The highest BCUT2D eigenvalue weighted by molar-refractivity contribution is 7.92. The average molecular weight is 653 g/mol. The van der Waals surface area contributed by atoms with Gasteiger partial charge < -0.3 is 10.2 Å². The number of hydrogen-bond acceptors (Lipinski definition) is 4. The number of carbonyl (C=O) groups excluding carboxylic acids is 2. The van der Waals surface area contributed by atoms with Gasteiger partial charge in [0.15, 0.2) is 0 Å². The van der Waals surface area contributed by atoms with Crippen LogP contribution in [0, 0.1) is 6.92 Å². The van der Waals surface area contributed by atoms with Gasteiger partial charge in [0.1, 0.15) is 12.6 Å². The van der Waals surface area contributed by atoms with Crippen LogP contribution in [0.1, 0.15) is 30.5 Å². The number of rotatable bonds is 12. The number of carbonyl (C=O) groups is 2. The summed E-state index contributed by atoms with van der Waals surface area (Å²) < 4.78 is 29.1. The molecule has 2 amide bonds. The first-order valence-electron chi connectivity index (χ1n) is 14.2. The third kappa shape index (κ3) is 8.40. The third-order valence-corrected chi connectivity index (χ3v) is 9.28. The van der Waals surface area contributed by atoms with Gasteiger partial charge in [-0.25, -0.2) is 8.42 Å². The van der Waals surface area contributed by atoms with Crippen molar-refractivity contribution in [3.8, 4) is 0 Å². The predicted molar refractivity (Wildman–Crippen MR) is 176 cm³/mol. The molecule has 4 rings (SSSR count). The van der Waals surface area contributed by atoms with E-state index in [1.807, 2.05) is 75.4 Å². The van der Waals surface area contributed by atoms with Gasteiger partial charge in [0.2, 0.25) is 11.8 Å². The average Bonchev–Trinajstić information content (AvgIpc) is 2.99. The van der Waals surface area contributed by atoms with Crippen LogP contribution in [0.3, 0.4) is 0 Å². The quantitative estimate of drug-likeness (QED) is 0.186. The first kappa shape index (κ1) is 33.1. The molecule has 0 aliphatic heterocycles. The summed E-state index contributed by atoms with van der Waals surface area (Å²) in [5, 5.41) is 3.33. The lowest BCUT2D eigenvalue weighted by atomic mass is 10.0. The molecule has 10 heteroatoms. The van der Waals surface area contributed by atoms with Crippen molar-refractivity contribution in [2.24, 2.45) is 0 Å². The molecule has 1 atom stereocenters. The molecule has 0 radical (unpaired) electrons. The van der Waals surface area contributed by atoms with Crippen LogP contribution in [-0.4, -0.2) is 43.8 Å². The van der Waals surface area contributed by atoms with Gasteiger partial charge >= 0.3 is 0 Å². The fourth-order valence-corrected chi connectivity index (χ4v) is 6.76. The van der Waals surface area contributed by atoms with E-state index < -0.39 is 28.5 Å². The Morgan fingerprint density at radius 2 is 1.43 bits per heavy atom. The van der Waals surface area contributed by atoms with Crippen LogP contribution in [0.15, 0.2) is 108 Å². The molecule has 0 heterocycles. The predicted octanol–water partition coefficient (Wildman–Crippen LogP) is 6.66. The van der Waals surface area contributed by atoms with Crippen molar-refractivity contribution < 1.29 is 18.0 Å². The summed E-state index contributed by atoms with van der Waals surface area (Å²) in [6, 6.07) is 28.2. The first-order valence-corrected chi connectivity index (χ1v) is 16.4. The highest BCUT2D eigenvalue weighted by Gasteiger charge is 2.35. The zero-order valence-corrected chi connectivity index (χ0v) is 27.1. The molecule has 0 aliphatic rings. The summed E-state index contributed by atoms with van der Waals surface area (Å²) in [5.74, 6) is -0.915. The minimum absolute atomic E-state index is 0.0118. The molecular weight excluding hydrogens is 617 g/mol. The number of hydrogen-bond donors (Lipinski definition) is 1. The third-order valence-electron chi connectivity index (χ3n) is 6.96. The lowest BCUT2D eigenvalue weighted by Crippen LogP contribution is -2.54. The Bertz CT molecular complexity index is 1680. The minimum atomic E-state index is -4.26. The molecule has 0 unspecified atom stereocenters. The van der Waals surface area contributed by atoms with E-state index in [9.17, 15) is 18.0 Å². The second-order valence-electron chi connectivity index (χ2n) is 10.8. The summed E-state index contributed by atoms with van der Waals surface area (Å²) in [6.45, 7) is 5.13. The van der Waals surface area contributed by atoms with Crippen LogP contribution in [0.2, 0.25) is 10.0 Å². The van der Waals surface area contributed by atoms with E-state index in [2.05, 4.69) is 5.32 Å². The van der Waals surface area contributed by atoms with E-state index in [-0.39, 0.29) is 40.5 Å². The van der Waals surface area contributed by atoms with Crippen molar-refractivity contribution in [2.75, 3.05) is 10.8 Å². The standard InChI is InChI=1S/C34H35Cl2N3O4S/c1-24(2)37-34(41)32(20-26-10-6-4-7-11-26)38(22-27-16-14-25(3)15-17-27)33(40)23-39(31-19-18-28(35)21-30(31)36)44(42,43)29-12-8-5-9-13-29/h4-19,21,24,32H,20,22-23H2,1-3H3,(H,37,41)/t32-/m0/s1. The number of sulfonamides is 1. The van der Waals surface area contributed by atoms with E-state index >= 15 is 0 Å². The van der Waals surface area contributed by atoms with Gasteiger partial charge in [0.25, 0.3) is 10.0 Å². The smallest absolute Gasteiger partial charge is 0.264 e. The lowest BCUT2D eigenvalue weighted by molar-refractivity contribution is -0.140. The summed E-state index contributed by atoms with van der Waals surface area (Å²) in [4.78, 5) is 29.6. The summed E-state index contributed by atoms with van der Waals surface area (Å²) in [6.07, 6.45) is 0.226. The molecule has 0 aromatic heterocycles. The molecule has 4 aromatic carbocycles. The number of nitrogens with one attached hydrogen (secondary N) is 1. The van der Waals surface area contributed by atoms with E-state index in [0.29, 0.717) is 5.02 Å². The van der Waals surface area contributed by atoms with Gasteiger partial charge in [0.05, 0.1) is 15.6 Å². The van der Waals surface area contributed by atoms with E-state index in [4.69, 9.17) is 23.2 Å². The van der Waals surface area contributed by atoms with E-state index in [1.165, 1.54) is 35.2 Å². The molecule has 44 heavy (non-hydrogen) atoms. The van der Waals surface area contributed by atoms with E-state index in [1.54, 1.807) is 18.2 Å². The van der Waals surface area contributed by atoms with Crippen molar-refractivity contribution >= 4 is 50.7 Å². The molecule has 7 nitrogen and oxygen atoms in total. The van der Waals surface area contributed by atoms with Crippen molar-refractivity contribution in [2.45, 2.75) is 50.7 Å². The molecular formula is C34H35Cl2N3O4S. The molecule has 0 fully saturated rings. The van der Waals surface area contributed by atoms with Crippen LogP contribution < -0.4 is 9.62 Å².